The van der Waals surface area contributed by atoms with Gasteiger partial charge in [0.1, 0.15) is 0 Å². The highest BCUT2D eigenvalue weighted by atomic mass is 32.2. The first kappa shape index (κ1) is 21.4. The summed E-state index contributed by atoms with van der Waals surface area (Å²) < 4.78 is 31.5. The summed E-state index contributed by atoms with van der Waals surface area (Å²) in [7, 11) is -2.26. The van der Waals surface area contributed by atoms with Crippen molar-refractivity contribution >= 4 is 27.6 Å². The van der Waals surface area contributed by atoms with Gasteiger partial charge in [-0.15, -0.1) is 0 Å². The number of aryl methyl sites for hydroxylation is 1. The van der Waals surface area contributed by atoms with Crippen LogP contribution in [0, 0.1) is 6.92 Å². The number of carbonyl (C=O) groups is 2. The second-order valence-electron chi connectivity index (χ2n) is 6.26. The van der Waals surface area contributed by atoms with Gasteiger partial charge in [-0.25, -0.2) is 13.2 Å². The minimum Gasteiger partial charge on any atom is -0.452 e. The summed E-state index contributed by atoms with van der Waals surface area (Å²) in [5, 5.41) is 2.61. The Kier molecular flexibility index (Phi) is 7.17. The molecular weight excluding hydrogens is 380 g/mol. The maximum atomic E-state index is 12.7. The van der Waals surface area contributed by atoms with E-state index >= 15 is 0 Å². The summed E-state index contributed by atoms with van der Waals surface area (Å²) in [5.74, 6) is -1.02. The van der Waals surface area contributed by atoms with Gasteiger partial charge >= 0.3 is 5.97 Å². The number of anilines is 1. The molecule has 0 aromatic heterocycles. The first-order valence-corrected chi connectivity index (χ1v) is 10.3. The second-order valence-corrected chi connectivity index (χ2v) is 8.23. The van der Waals surface area contributed by atoms with Gasteiger partial charge in [0, 0.05) is 13.6 Å². The minimum absolute atomic E-state index is 0.183. The van der Waals surface area contributed by atoms with Crippen molar-refractivity contribution in [1.82, 2.24) is 5.32 Å². The molecule has 0 atom stereocenters. The molecule has 7 nitrogen and oxygen atoms in total. The predicted octanol–water partition coefficient (Wildman–Crippen LogP) is 2.50. The Labute approximate surface area is 165 Å². The molecule has 0 aliphatic carbocycles. The first-order valence-electron chi connectivity index (χ1n) is 8.85. The number of nitrogens with zero attached hydrogens (tertiary/aromatic N) is 1. The van der Waals surface area contributed by atoms with Gasteiger partial charge in [-0.2, -0.15) is 0 Å². The van der Waals surface area contributed by atoms with E-state index in [1.807, 2.05) is 13.8 Å². The molecule has 0 aliphatic rings. The largest absolute Gasteiger partial charge is 0.452 e. The quantitative estimate of drug-likeness (QED) is 0.683. The summed E-state index contributed by atoms with van der Waals surface area (Å²) in [6.07, 6.45) is 0.792. The van der Waals surface area contributed by atoms with Crippen LogP contribution >= 0.6 is 0 Å². The lowest BCUT2D eigenvalue weighted by molar-refractivity contribution is -0.124. The van der Waals surface area contributed by atoms with Crippen LogP contribution in [0.5, 0.6) is 0 Å². The number of nitrogens with one attached hydrogen (secondary N) is 1. The van der Waals surface area contributed by atoms with Crippen molar-refractivity contribution in [1.29, 1.82) is 0 Å². The number of ether oxygens (including phenoxy) is 1. The Bertz CT molecular complexity index is 922. The molecule has 0 saturated carbocycles. The van der Waals surface area contributed by atoms with Gasteiger partial charge in [0.05, 0.1) is 16.1 Å². The van der Waals surface area contributed by atoms with Gasteiger partial charge in [-0.3, -0.25) is 9.10 Å². The molecule has 0 fully saturated rings. The number of carbonyl (C=O) groups excluding carboxylic acids is 2. The fraction of sp³-hybridized carbons (Fsp3) is 0.300. The zero-order valence-electron chi connectivity index (χ0n) is 16.1. The second kappa shape index (κ2) is 9.36. The molecule has 1 amide bonds. The first-order chi connectivity index (χ1) is 13.3. The van der Waals surface area contributed by atoms with Crippen LogP contribution in [0.15, 0.2) is 53.4 Å². The number of esters is 1. The predicted molar refractivity (Wildman–Crippen MR) is 107 cm³/mol. The molecule has 0 bridgehead atoms. The Morgan fingerprint density at radius 2 is 1.64 bits per heavy atom. The fourth-order valence-corrected chi connectivity index (χ4v) is 3.54. The molecule has 0 heterocycles. The lowest BCUT2D eigenvalue weighted by Crippen LogP contribution is -2.29. The lowest BCUT2D eigenvalue weighted by Gasteiger charge is -2.19. The van der Waals surface area contributed by atoms with E-state index in [0.29, 0.717) is 12.2 Å². The summed E-state index contributed by atoms with van der Waals surface area (Å²) in [6, 6.07) is 12.5. The zero-order valence-corrected chi connectivity index (χ0v) is 17.0. The van der Waals surface area contributed by atoms with Crippen LogP contribution in [0.1, 0.15) is 29.3 Å². The Morgan fingerprint density at radius 3 is 2.21 bits per heavy atom. The normalized spacial score (nSPS) is 11.0. The van der Waals surface area contributed by atoms with Crippen molar-refractivity contribution in [2.24, 2.45) is 0 Å². The molecule has 2 aromatic carbocycles. The number of rotatable bonds is 8. The average molecular weight is 404 g/mol. The third kappa shape index (κ3) is 5.32. The highest BCUT2D eigenvalue weighted by Crippen LogP contribution is 2.22. The zero-order chi connectivity index (χ0) is 20.7. The average Bonchev–Trinajstić information content (AvgIpc) is 2.70. The number of hydrogen-bond donors (Lipinski definition) is 1. The van der Waals surface area contributed by atoms with Crippen molar-refractivity contribution < 1.29 is 22.7 Å². The van der Waals surface area contributed by atoms with E-state index < -0.39 is 16.0 Å². The van der Waals surface area contributed by atoms with Crippen molar-refractivity contribution in [3.05, 3.63) is 59.7 Å². The molecule has 2 aromatic rings. The summed E-state index contributed by atoms with van der Waals surface area (Å²) in [5.41, 5.74) is 1.60. The topological polar surface area (TPSA) is 92.8 Å². The maximum absolute atomic E-state index is 12.7. The number of amides is 1. The van der Waals surface area contributed by atoms with E-state index in [1.165, 1.54) is 31.3 Å². The summed E-state index contributed by atoms with van der Waals surface area (Å²) in [4.78, 5) is 23.7. The summed E-state index contributed by atoms with van der Waals surface area (Å²) in [6.45, 7) is 3.96. The van der Waals surface area contributed by atoms with Gasteiger partial charge in [-0.05, 0) is 49.7 Å². The molecule has 0 radical (unpaired) electrons. The molecule has 28 heavy (non-hydrogen) atoms. The molecule has 0 unspecified atom stereocenters. The van der Waals surface area contributed by atoms with Gasteiger partial charge in [0.2, 0.25) is 0 Å². The number of hydrogen-bond acceptors (Lipinski definition) is 5. The van der Waals surface area contributed by atoms with Crippen LogP contribution in [0.4, 0.5) is 5.69 Å². The number of sulfonamides is 1. The number of benzene rings is 2. The third-order valence-electron chi connectivity index (χ3n) is 4.05. The van der Waals surface area contributed by atoms with E-state index in [9.17, 15) is 18.0 Å². The van der Waals surface area contributed by atoms with Crippen molar-refractivity contribution in [2.75, 3.05) is 24.5 Å². The highest BCUT2D eigenvalue weighted by Gasteiger charge is 2.21. The maximum Gasteiger partial charge on any atom is 0.338 e. The molecule has 0 aliphatic heterocycles. The van der Waals surface area contributed by atoms with E-state index in [-0.39, 0.29) is 23.0 Å². The van der Waals surface area contributed by atoms with Crippen LogP contribution in [-0.2, 0) is 19.6 Å². The van der Waals surface area contributed by atoms with Gasteiger partial charge < -0.3 is 10.1 Å². The smallest absolute Gasteiger partial charge is 0.338 e. The Balaban J connectivity index is 2.05. The molecule has 2 rings (SSSR count). The molecule has 1 N–H and O–H groups in total. The van der Waals surface area contributed by atoms with Crippen molar-refractivity contribution in [2.45, 2.75) is 25.2 Å². The van der Waals surface area contributed by atoms with Crippen molar-refractivity contribution in [3.63, 3.8) is 0 Å². The monoisotopic (exact) mass is 404 g/mol. The van der Waals surface area contributed by atoms with Crippen LogP contribution in [-0.4, -0.2) is 40.5 Å². The Morgan fingerprint density at radius 1 is 1.04 bits per heavy atom. The van der Waals surface area contributed by atoms with Crippen LogP contribution in [0.3, 0.4) is 0 Å². The van der Waals surface area contributed by atoms with Gasteiger partial charge in [0.15, 0.2) is 6.61 Å². The Hall–Kier alpha value is -2.87. The standard InChI is InChI=1S/C20H24N2O5S/c1-4-13-21-19(23)14-27-20(24)16-7-9-17(10-8-16)22(3)28(25,26)18-11-5-15(2)6-12-18/h5-12H,4,13-14H2,1-3H3,(H,21,23). The van der Waals surface area contributed by atoms with E-state index in [1.54, 1.807) is 24.3 Å². The SMILES string of the molecule is CCCNC(=O)COC(=O)c1ccc(N(C)S(=O)(=O)c2ccc(C)cc2)cc1. The highest BCUT2D eigenvalue weighted by molar-refractivity contribution is 7.92. The van der Waals surface area contributed by atoms with E-state index in [2.05, 4.69) is 5.32 Å². The van der Waals surface area contributed by atoms with E-state index in [4.69, 9.17) is 4.74 Å². The molecule has 0 spiro atoms. The van der Waals surface area contributed by atoms with Gasteiger partial charge in [-0.1, -0.05) is 24.6 Å². The summed E-state index contributed by atoms with van der Waals surface area (Å²) >= 11 is 0. The molecule has 150 valence electrons. The van der Waals surface area contributed by atoms with E-state index in [0.717, 1.165) is 16.3 Å². The van der Waals surface area contributed by atoms with Crippen LogP contribution in [0.25, 0.3) is 0 Å². The minimum atomic E-state index is -3.71. The van der Waals surface area contributed by atoms with Crippen molar-refractivity contribution in [3.8, 4) is 0 Å². The molecular formula is C20H24N2O5S. The van der Waals surface area contributed by atoms with Crippen LogP contribution < -0.4 is 9.62 Å². The third-order valence-corrected chi connectivity index (χ3v) is 5.85. The molecule has 0 saturated heterocycles. The molecule has 8 heteroatoms. The fourth-order valence-electron chi connectivity index (χ4n) is 2.34. The van der Waals surface area contributed by atoms with Gasteiger partial charge in [0.25, 0.3) is 15.9 Å². The van der Waals surface area contributed by atoms with Crippen LogP contribution in [0.2, 0.25) is 0 Å². The lowest BCUT2D eigenvalue weighted by atomic mass is 10.2.